The molecule has 0 radical (unpaired) electrons. The van der Waals surface area contributed by atoms with Gasteiger partial charge in [-0.05, 0) is 48.9 Å². The molecule has 0 spiro atoms. The number of nitrogen functional groups attached to an aromatic ring is 1. The number of aromatic nitrogens is 5. The largest absolute Gasteiger partial charge is 0.508 e. The molecule has 0 aliphatic carbocycles. The number of nitrogens with zero attached hydrogens (tertiary/aromatic N) is 5. The van der Waals surface area contributed by atoms with Crippen LogP contribution < -0.4 is 11.3 Å². The predicted molar refractivity (Wildman–Crippen MR) is 138 cm³/mol. The van der Waals surface area contributed by atoms with Crippen LogP contribution in [0.15, 0.2) is 59.7 Å². The van der Waals surface area contributed by atoms with Gasteiger partial charge in [0.25, 0.3) is 5.56 Å². The first kappa shape index (κ1) is 22.2. The number of phenols is 1. The molecule has 0 atom stereocenters. The molecule has 0 saturated carbocycles. The Bertz CT molecular complexity index is 1670. The molecule has 0 amide bonds. The number of anilines is 1. The first-order valence-electron chi connectivity index (χ1n) is 12.0. The summed E-state index contributed by atoms with van der Waals surface area (Å²) in [6, 6.07) is 14.9. The van der Waals surface area contributed by atoms with E-state index in [0.717, 1.165) is 34.9 Å². The lowest BCUT2D eigenvalue weighted by Gasteiger charge is -2.27. The second-order valence-corrected chi connectivity index (χ2v) is 9.21. The average Bonchev–Trinajstić information content (AvgIpc) is 3.24. The van der Waals surface area contributed by atoms with Gasteiger partial charge >= 0.3 is 0 Å². The Hall–Kier alpha value is -4.24. The van der Waals surface area contributed by atoms with Crippen LogP contribution in [0.2, 0.25) is 0 Å². The molecule has 1 saturated heterocycles. The molecule has 2 aromatic carbocycles. The fourth-order valence-electron chi connectivity index (χ4n) is 5.22. The second kappa shape index (κ2) is 8.76. The summed E-state index contributed by atoms with van der Waals surface area (Å²) >= 11 is 0. The number of nitrogens with two attached hydrogens (primary N) is 1. The molecule has 3 N–H and O–H groups in total. The van der Waals surface area contributed by atoms with Crippen LogP contribution in [0.5, 0.6) is 5.75 Å². The van der Waals surface area contributed by atoms with Crippen LogP contribution >= 0.6 is 0 Å². The molecule has 1 aliphatic rings. The second-order valence-electron chi connectivity index (χ2n) is 9.21. The zero-order valence-electron chi connectivity index (χ0n) is 19.9. The number of benzene rings is 2. The summed E-state index contributed by atoms with van der Waals surface area (Å²) in [4.78, 5) is 22.5. The maximum atomic E-state index is 13.9. The zero-order chi connectivity index (χ0) is 24.8. The summed E-state index contributed by atoms with van der Waals surface area (Å²) in [7, 11) is 0. The van der Waals surface area contributed by atoms with Crippen molar-refractivity contribution in [1.82, 2.24) is 24.3 Å². The highest BCUT2D eigenvalue weighted by Gasteiger charge is 2.24. The monoisotopic (exact) mass is 482 g/mol. The van der Waals surface area contributed by atoms with Crippen molar-refractivity contribution in [2.24, 2.45) is 0 Å². The molecule has 6 rings (SSSR count). The molecule has 4 heterocycles. The summed E-state index contributed by atoms with van der Waals surface area (Å²) < 4.78 is 9.26. The first-order valence-corrected chi connectivity index (χ1v) is 12.0. The quantitative estimate of drug-likeness (QED) is 0.400. The first-order chi connectivity index (χ1) is 17.5. The molecular formula is C27H26N6O3. The SMILES string of the molecule is Cc1cccc2cc(Cn3nc(-c4cccc(O)c4)c4c(N)ncnc43)n(C3CCOCC3)c(=O)c12. The fraction of sp³-hybridized carbons (Fsp3) is 0.259. The zero-order valence-corrected chi connectivity index (χ0v) is 19.9. The van der Waals surface area contributed by atoms with Gasteiger partial charge in [0.15, 0.2) is 5.65 Å². The van der Waals surface area contributed by atoms with Crippen molar-refractivity contribution in [3.8, 4) is 17.0 Å². The van der Waals surface area contributed by atoms with Gasteiger partial charge in [-0.2, -0.15) is 5.10 Å². The van der Waals surface area contributed by atoms with E-state index in [1.165, 1.54) is 6.33 Å². The van der Waals surface area contributed by atoms with E-state index >= 15 is 0 Å². The number of pyridine rings is 1. The number of fused-ring (bicyclic) bond motifs is 2. The van der Waals surface area contributed by atoms with Gasteiger partial charge in [-0.25, -0.2) is 14.6 Å². The van der Waals surface area contributed by atoms with E-state index in [4.69, 9.17) is 15.6 Å². The van der Waals surface area contributed by atoms with Gasteiger partial charge < -0.3 is 20.1 Å². The molecule has 0 bridgehead atoms. The third-order valence-electron chi connectivity index (χ3n) is 6.92. The fourth-order valence-corrected chi connectivity index (χ4v) is 5.22. The maximum absolute atomic E-state index is 13.9. The smallest absolute Gasteiger partial charge is 0.259 e. The van der Waals surface area contributed by atoms with E-state index in [1.54, 1.807) is 22.9 Å². The number of rotatable bonds is 4. The minimum atomic E-state index is 0.00584. The number of ether oxygens (including phenoxy) is 1. The molecule has 36 heavy (non-hydrogen) atoms. The van der Waals surface area contributed by atoms with Crippen molar-refractivity contribution < 1.29 is 9.84 Å². The lowest BCUT2D eigenvalue weighted by molar-refractivity contribution is 0.0679. The molecule has 0 unspecified atom stereocenters. The van der Waals surface area contributed by atoms with Crippen LogP contribution in [0.1, 0.15) is 30.1 Å². The third kappa shape index (κ3) is 3.68. The summed E-state index contributed by atoms with van der Waals surface area (Å²) in [6.45, 7) is 3.54. The number of phenolic OH excluding ortho intramolecular Hbond substituents is 1. The van der Waals surface area contributed by atoms with Gasteiger partial charge in [0, 0.05) is 30.5 Å². The van der Waals surface area contributed by atoms with Gasteiger partial charge in [-0.1, -0.05) is 30.3 Å². The Morgan fingerprint density at radius 2 is 1.89 bits per heavy atom. The predicted octanol–water partition coefficient (Wildman–Crippen LogP) is 3.80. The molecule has 9 heteroatoms. The van der Waals surface area contributed by atoms with E-state index in [1.807, 2.05) is 35.8 Å². The van der Waals surface area contributed by atoms with Crippen molar-refractivity contribution in [2.75, 3.05) is 18.9 Å². The van der Waals surface area contributed by atoms with E-state index in [2.05, 4.69) is 16.0 Å². The van der Waals surface area contributed by atoms with Gasteiger partial charge in [0.05, 0.1) is 17.3 Å². The van der Waals surface area contributed by atoms with Crippen molar-refractivity contribution in [2.45, 2.75) is 32.4 Å². The minimum Gasteiger partial charge on any atom is -0.508 e. The van der Waals surface area contributed by atoms with E-state index in [9.17, 15) is 9.90 Å². The van der Waals surface area contributed by atoms with Crippen molar-refractivity contribution in [3.63, 3.8) is 0 Å². The molecule has 3 aromatic heterocycles. The standard InChI is InChI=1S/C27H26N6O3/c1-16-4-2-5-17-12-20(33(27(35)22(16)17)19-8-10-36-11-9-19)14-32-26-23(25(28)29-15-30-26)24(31-32)18-6-3-7-21(34)13-18/h2-7,12-13,15,19,34H,8-11,14H2,1H3,(H2,28,29,30). The summed E-state index contributed by atoms with van der Waals surface area (Å²) in [5.74, 6) is 0.435. The lowest BCUT2D eigenvalue weighted by atomic mass is 10.0. The minimum absolute atomic E-state index is 0.00584. The highest BCUT2D eigenvalue weighted by atomic mass is 16.5. The normalized spacial score (nSPS) is 14.6. The topological polar surface area (TPSA) is 121 Å². The van der Waals surface area contributed by atoms with E-state index in [0.29, 0.717) is 47.9 Å². The highest BCUT2D eigenvalue weighted by Crippen LogP contribution is 2.32. The van der Waals surface area contributed by atoms with Crippen LogP contribution in [0.25, 0.3) is 33.1 Å². The van der Waals surface area contributed by atoms with Gasteiger partial charge in [-0.3, -0.25) is 4.79 Å². The van der Waals surface area contributed by atoms with E-state index in [-0.39, 0.29) is 17.4 Å². The third-order valence-corrected chi connectivity index (χ3v) is 6.92. The van der Waals surface area contributed by atoms with Crippen LogP contribution in [0.4, 0.5) is 5.82 Å². The van der Waals surface area contributed by atoms with E-state index < -0.39 is 0 Å². The highest BCUT2D eigenvalue weighted by molar-refractivity contribution is 5.98. The van der Waals surface area contributed by atoms with Crippen LogP contribution in [0.3, 0.4) is 0 Å². The number of aromatic hydroxyl groups is 1. The average molecular weight is 483 g/mol. The Morgan fingerprint density at radius 3 is 2.69 bits per heavy atom. The number of aryl methyl sites for hydroxylation is 1. The molecule has 5 aromatic rings. The Labute approximate surface area is 206 Å². The molecule has 182 valence electrons. The lowest BCUT2D eigenvalue weighted by Crippen LogP contribution is -2.32. The summed E-state index contributed by atoms with van der Waals surface area (Å²) in [5, 5.41) is 17.2. The Morgan fingerprint density at radius 1 is 1.08 bits per heavy atom. The van der Waals surface area contributed by atoms with Gasteiger partial charge in [0.1, 0.15) is 23.6 Å². The summed E-state index contributed by atoms with van der Waals surface area (Å²) in [6.07, 6.45) is 2.96. The summed E-state index contributed by atoms with van der Waals surface area (Å²) in [5.41, 5.74) is 9.92. The molecular weight excluding hydrogens is 456 g/mol. The van der Waals surface area contributed by atoms with Crippen molar-refractivity contribution in [3.05, 3.63) is 76.5 Å². The van der Waals surface area contributed by atoms with Crippen molar-refractivity contribution in [1.29, 1.82) is 0 Å². The van der Waals surface area contributed by atoms with Gasteiger partial charge in [-0.15, -0.1) is 0 Å². The number of hydrogen-bond donors (Lipinski definition) is 2. The number of hydrogen-bond acceptors (Lipinski definition) is 7. The van der Waals surface area contributed by atoms with Crippen LogP contribution in [0, 0.1) is 6.92 Å². The molecule has 1 fully saturated rings. The molecule has 9 nitrogen and oxygen atoms in total. The van der Waals surface area contributed by atoms with Crippen LogP contribution in [-0.2, 0) is 11.3 Å². The van der Waals surface area contributed by atoms with Crippen LogP contribution in [-0.4, -0.2) is 42.6 Å². The maximum Gasteiger partial charge on any atom is 0.259 e. The van der Waals surface area contributed by atoms with Crippen molar-refractivity contribution >= 4 is 27.6 Å². The Balaban J connectivity index is 1.57. The molecule has 1 aliphatic heterocycles. The van der Waals surface area contributed by atoms with Gasteiger partial charge in [0.2, 0.25) is 0 Å². The Kier molecular flexibility index (Phi) is 5.41.